The largest absolute Gasteiger partial charge is 0.350 e. The molecule has 0 saturated heterocycles. The molecule has 2 unspecified atom stereocenters. The van der Waals surface area contributed by atoms with Crippen molar-refractivity contribution in [2.24, 2.45) is 11.8 Å². The Kier molecular flexibility index (Phi) is 3.27. The highest BCUT2D eigenvalue weighted by Crippen LogP contribution is 2.31. The van der Waals surface area contributed by atoms with Crippen LogP contribution in [-0.2, 0) is 13.0 Å². The monoisotopic (exact) mass is 245 g/mol. The van der Waals surface area contributed by atoms with Crippen molar-refractivity contribution in [1.82, 2.24) is 4.57 Å². The number of carbonyl (C=O) groups excluding carboxylic acids is 1. The summed E-state index contributed by atoms with van der Waals surface area (Å²) in [7, 11) is 0. The fourth-order valence-electron chi connectivity index (χ4n) is 3.76. The fourth-order valence-corrected chi connectivity index (χ4v) is 3.76. The van der Waals surface area contributed by atoms with Crippen LogP contribution in [0.3, 0.4) is 0 Å². The van der Waals surface area contributed by atoms with Crippen LogP contribution < -0.4 is 0 Å². The lowest BCUT2D eigenvalue weighted by Gasteiger charge is -2.28. The summed E-state index contributed by atoms with van der Waals surface area (Å²) >= 11 is 0. The van der Waals surface area contributed by atoms with Gasteiger partial charge in [-0.05, 0) is 43.6 Å². The summed E-state index contributed by atoms with van der Waals surface area (Å²) in [6, 6.07) is 2.04. The van der Waals surface area contributed by atoms with E-state index in [1.54, 1.807) is 0 Å². The molecule has 0 amide bonds. The number of nitrogens with zero attached hydrogens (tertiary/aromatic N) is 1. The van der Waals surface area contributed by atoms with Crippen molar-refractivity contribution in [2.75, 3.05) is 0 Å². The molecular weight excluding hydrogens is 222 g/mol. The van der Waals surface area contributed by atoms with Gasteiger partial charge >= 0.3 is 0 Å². The van der Waals surface area contributed by atoms with Gasteiger partial charge in [0.2, 0.25) is 0 Å². The lowest BCUT2D eigenvalue weighted by atomic mass is 9.82. The highest BCUT2D eigenvalue weighted by molar-refractivity contribution is 5.98. The van der Waals surface area contributed by atoms with E-state index < -0.39 is 0 Å². The van der Waals surface area contributed by atoms with Gasteiger partial charge in [-0.15, -0.1) is 0 Å². The summed E-state index contributed by atoms with van der Waals surface area (Å²) in [5, 5.41) is 0. The molecule has 1 saturated carbocycles. The Labute approximate surface area is 109 Å². The average Bonchev–Trinajstić information content (AvgIpc) is 2.74. The first kappa shape index (κ1) is 12.0. The maximum atomic E-state index is 11.8. The molecule has 2 heteroatoms. The van der Waals surface area contributed by atoms with Crippen LogP contribution in [0.1, 0.15) is 61.5 Å². The van der Waals surface area contributed by atoms with Gasteiger partial charge in [0.25, 0.3) is 0 Å². The molecule has 0 aromatic carbocycles. The Balaban J connectivity index is 1.75. The predicted molar refractivity (Wildman–Crippen MR) is 72.8 cm³/mol. The second-order valence-electron chi connectivity index (χ2n) is 6.24. The minimum Gasteiger partial charge on any atom is -0.350 e. The highest BCUT2D eigenvalue weighted by Gasteiger charge is 2.23. The summed E-state index contributed by atoms with van der Waals surface area (Å²) in [6.45, 7) is 3.51. The van der Waals surface area contributed by atoms with Crippen LogP contribution in [0.25, 0.3) is 0 Å². The van der Waals surface area contributed by atoms with Crippen molar-refractivity contribution in [3.05, 3.63) is 23.5 Å². The van der Waals surface area contributed by atoms with Crippen molar-refractivity contribution < 1.29 is 4.79 Å². The highest BCUT2D eigenvalue weighted by atomic mass is 16.1. The van der Waals surface area contributed by atoms with Gasteiger partial charge in [0.1, 0.15) is 0 Å². The standard InChI is InChI=1S/C16H23NO/c1-12-4-2-5-13(10-12)11-17-9-8-14-15(17)6-3-7-16(14)18/h8-9,12-13H,2-7,10-11H2,1H3. The summed E-state index contributed by atoms with van der Waals surface area (Å²) in [6.07, 6.45) is 10.5. The summed E-state index contributed by atoms with van der Waals surface area (Å²) < 4.78 is 2.37. The quantitative estimate of drug-likeness (QED) is 0.776. The smallest absolute Gasteiger partial charge is 0.164 e. The zero-order valence-corrected chi connectivity index (χ0v) is 11.3. The zero-order valence-electron chi connectivity index (χ0n) is 11.3. The van der Waals surface area contributed by atoms with E-state index in [-0.39, 0.29) is 0 Å². The molecular formula is C16H23NO. The van der Waals surface area contributed by atoms with Crippen LogP contribution >= 0.6 is 0 Å². The molecule has 2 aliphatic carbocycles. The molecule has 0 N–H and O–H groups in total. The first-order valence-corrected chi connectivity index (χ1v) is 7.45. The second kappa shape index (κ2) is 4.91. The molecule has 0 spiro atoms. The third-order valence-corrected chi connectivity index (χ3v) is 4.70. The van der Waals surface area contributed by atoms with Gasteiger partial charge in [0.05, 0.1) is 0 Å². The van der Waals surface area contributed by atoms with E-state index in [1.807, 2.05) is 6.07 Å². The first-order valence-electron chi connectivity index (χ1n) is 7.45. The Bertz CT molecular complexity index is 446. The molecule has 1 heterocycles. The van der Waals surface area contributed by atoms with E-state index in [0.717, 1.165) is 43.2 Å². The molecule has 0 bridgehead atoms. The van der Waals surface area contributed by atoms with E-state index in [1.165, 1.54) is 31.4 Å². The molecule has 0 radical (unpaired) electrons. The van der Waals surface area contributed by atoms with Crippen LogP contribution in [0.5, 0.6) is 0 Å². The van der Waals surface area contributed by atoms with E-state index in [4.69, 9.17) is 0 Å². The number of rotatable bonds is 2. The van der Waals surface area contributed by atoms with Gasteiger partial charge in [0.15, 0.2) is 5.78 Å². The van der Waals surface area contributed by atoms with Gasteiger partial charge < -0.3 is 4.57 Å². The Morgan fingerprint density at radius 3 is 3.00 bits per heavy atom. The SMILES string of the molecule is CC1CCCC(Cn2ccc3c2CCCC3=O)C1. The van der Waals surface area contributed by atoms with Crippen molar-refractivity contribution in [2.45, 2.75) is 58.4 Å². The fraction of sp³-hybridized carbons (Fsp3) is 0.688. The van der Waals surface area contributed by atoms with Crippen LogP contribution in [-0.4, -0.2) is 10.4 Å². The third kappa shape index (κ3) is 2.25. The maximum absolute atomic E-state index is 11.8. The van der Waals surface area contributed by atoms with Gasteiger partial charge in [-0.3, -0.25) is 4.79 Å². The summed E-state index contributed by atoms with van der Waals surface area (Å²) in [5.74, 6) is 2.06. The van der Waals surface area contributed by atoms with Gasteiger partial charge in [-0.25, -0.2) is 0 Å². The molecule has 0 aliphatic heterocycles. The zero-order chi connectivity index (χ0) is 12.5. The first-order chi connectivity index (χ1) is 8.74. The molecule has 1 fully saturated rings. The van der Waals surface area contributed by atoms with E-state index in [9.17, 15) is 4.79 Å². The lowest BCUT2D eigenvalue weighted by Crippen LogP contribution is -2.20. The van der Waals surface area contributed by atoms with Crippen LogP contribution in [0, 0.1) is 11.8 Å². The Morgan fingerprint density at radius 1 is 1.28 bits per heavy atom. The number of carbonyl (C=O) groups is 1. The molecule has 3 rings (SSSR count). The van der Waals surface area contributed by atoms with Crippen molar-refractivity contribution >= 4 is 5.78 Å². The third-order valence-electron chi connectivity index (χ3n) is 4.70. The normalized spacial score (nSPS) is 28.2. The number of aromatic nitrogens is 1. The van der Waals surface area contributed by atoms with Gasteiger partial charge in [0, 0.05) is 30.4 Å². The van der Waals surface area contributed by atoms with Crippen molar-refractivity contribution in [1.29, 1.82) is 0 Å². The van der Waals surface area contributed by atoms with Crippen molar-refractivity contribution in [3.63, 3.8) is 0 Å². The lowest BCUT2D eigenvalue weighted by molar-refractivity contribution is 0.0971. The van der Waals surface area contributed by atoms with E-state index in [0.29, 0.717) is 5.78 Å². The van der Waals surface area contributed by atoms with Gasteiger partial charge in [-0.1, -0.05) is 19.8 Å². The number of ketones is 1. The number of hydrogen-bond donors (Lipinski definition) is 0. The topological polar surface area (TPSA) is 22.0 Å². The Morgan fingerprint density at radius 2 is 2.17 bits per heavy atom. The average molecular weight is 245 g/mol. The van der Waals surface area contributed by atoms with Gasteiger partial charge in [-0.2, -0.15) is 0 Å². The predicted octanol–water partition coefficient (Wildman–Crippen LogP) is 3.83. The maximum Gasteiger partial charge on any atom is 0.164 e. The molecule has 1 aromatic heterocycles. The minimum atomic E-state index is 0.354. The van der Waals surface area contributed by atoms with Crippen LogP contribution in [0.2, 0.25) is 0 Å². The number of hydrogen-bond acceptors (Lipinski definition) is 1. The van der Waals surface area contributed by atoms with E-state index in [2.05, 4.69) is 17.7 Å². The number of Topliss-reactive ketones (excluding diaryl/α,β-unsaturated/α-hetero) is 1. The van der Waals surface area contributed by atoms with Crippen molar-refractivity contribution in [3.8, 4) is 0 Å². The summed E-state index contributed by atoms with van der Waals surface area (Å²) in [4.78, 5) is 11.8. The van der Waals surface area contributed by atoms with Crippen LogP contribution in [0.4, 0.5) is 0 Å². The molecule has 2 nitrogen and oxygen atoms in total. The Hall–Kier alpha value is -1.05. The molecule has 18 heavy (non-hydrogen) atoms. The molecule has 2 atom stereocenters. The molecule has 1 aromatic rings. The minimum absolute atomic E-state index is 0.354. The second-order valence-corrected chi connectivity index (χ2v) is 6.24. The van der Waals surface area contributed by atoms with Crippen LogP contribution in [0.15, 0.2) is 12.3 Å². The summed E-state index contributed by atoms with van der Waals surface area (Å²) in [5.41, 5.74) is 2.31. The number of fused-ring (bicyclic) bond motifs is 1. The van der Waals surface area contributed by atoms with E-state index >= 15 is 0 Å². The molecule has 2 aliphatic rings. The molecule has 98 valence electrons.